The number of ketones is 1. The quantitative estimate of drug-likeness (QED) is 0.735. The minimum absolute atomic E-state index is 0.00583. The average molecular weight is 250 g/mol. The van der Waals surface area contributed by atoms with Crippen molar-refractivity contribution in [3.63, 3.8) is 0 Å². The molecule has 2 N–H and O–H groups in total. The third-order valence-electron chi connectivity index (χ3n) is 4.90. The van der Waals surface area contributed by atoms with Crippen molar-refractivity contribution >= 4 is 5.78 Å². The Morgan fingerprint density at radius 2 is 2.28 bits per heavy atom. The van der Waals surface area contributed by atoms with E-state index in [2.05, 4.69) is 6.58 Å². The molecule has 0 radical (unpaired) electrons. The summed E-state index contributed by atoms with van der Waals surface area (Å²) in [4.78, 5) is 12.1. The van der Waals surface area contributed by atoms with Crippen molar-refractivity contribution in [1.82, 2.24) is 0 Å². The number of rotatable bonds is 2. The van der Waals surface area contributed by atoms with Crippen LogP contribution in [0.3, 0.4) is 0 Å². The molecule has 2 aliphatic rings. The van der Waals surface area contributed by atoms with Crippen molar-refractivity contribution < 1.29 is 15.0 Å². The van der Waals surface area contributed by atoms with E-state index < -0.39 is 11.5 Å². The molecule has 0 saturated heterocycles. The second-order valence-corrected chi connectivity index (χ2v) is 5.88. The maximum atomic E-state index is 12.1. The normalized spacial score (nSPS) is 40.1. The van der Waals surface area contributed by atoms with Crippen LogP contribution in [0.1, 0.15) is 33.1 Å². The van der Waals surface area contributed by atoms with Gasteiger partial charge in [0.25, 0.3) is 0 Å². The molecule has 0 heterocycles. The van der Waals surface area contributed by atoms with E-state index in [1.807, 2.05) is 13.8 Å². The number of allylic oxidation sites excluding steroid dienone is 2. The number of fused-ring (bicyclic) bond motifs is 1. The molecule has 0 amide bonds. The average Bonchev–Trinajstić information content (AvgIpc) is 2.34. The molecule has 3 nitrogen and oxygen atoms in total. The molecule has 4 atom stereocenters. The Balaban J connectivity index is 2.45. The van der Waals surface area contributed by atoms with Gasteiger partial charge in [0.05, 0.1) is 12.7 Å². The van der Waals surface area contributed by atoms with E-state index in [0.29, 0.717) is 19.3 Å². The SMILES string of the molecule is C=C(C)C1CC2(CO)C(=CC1=O)CCC(O)C2C. The van der Waals surface area contributed by atoms with Crippen molar-refractivity contribution in [3.8, 4) is 0 Å². The largest absolute Gasteiger partial charge is 0.395 e. The molecule has 1 fully saturated rings. The van der Waals surface area contributed by atoms with Crippen molar-refractivity contribution in [1.29, 1.82) is 0 Å². The summed E-state index contributed by atoms with van der Waals surface area (Å²) in [6.07, 6.45) is 3.28. The van der Waals surface area contributed by atoms with Gasteiger partial charge >= 0.3 is 0 Å². The summed E-state index contributed by atoms with van der Waals surface area (Å²) in [5.74, 6) is -0.128. The summed E-state index contributed by atoms with van der Waals surface area (Å²) in [7, 11) is 0. The van der Waals surface area contributed by atoms with E-state index in [0.717, 1.165) is 11.1 Å². The first-order chi connectivity index (χ1) is 8.42. The van der Waals surface area contributed by atoms with Gasteiger partial charge in [-0.3, -0.25) is 4.79 Å². The Morgan fingerprint density at radius 1 is 1.61 bits per heavy atom. The van der Waals surface area contributed by atoms with E-state index in [1.54, 1.807) is 6.08 Å². The highest BCUT2D eigenvalue weighted by molar-refractivity contribution is 5.95. The lowest BCUT2D eigenvalue weighted by Gasteiger charge is -2.49. The Labute approximate surface area is 108 Å². The molecule has 0 aromatic rings. The van der Waals surface area contributed by atoms with E-state index in [-0.39, 0.29) is 24.2 Å². The molecule has 100 valence electrons. The molecule has 3 heteroatoms. The van der Waals surface area contributed by atoms with Crippen molar-refractivity contribution in [2.75, 3.05) is 6.61 Å². The third kappa shape index (κ3) is 1.86. The van der Waals surface area contributed by atoms with Crippen LogP contribution in [-0.4, -0.2) is 28.7 Å². The van der Waals surface area contributed by atoms with Crippen LogP contribution in [0.15, 0.2) is 23.8 Å². The molecular formula is C15H22O3. The topological polar surface area (TPSA) is 57.5 Å². The number of hydrogen-bond donors (Lipinski definition) is 2. The number of aliphatic hydroxyl groups excluding tert-OH is 2. The maximum absolute atomic E-state index is 12.1. The number of hydrogen-bond acceptors (Lipinski definition) is 3. The molecule has 2 aliphatic carbocycles. The first-order valence-electron chi connectivity index (χ1n) is 6.61. The fourth-order valence-corrected chi connectivity index (χ4v) is 3.46. The highest BCUT2D eigenvalue weighted by Gasteiger charge is 2.49. The zero-order valence-electron chi connectivity index (χ0n) is 11.1. The molecular weight excluding hydrogens is 228 g/mol. The number of aliphatic hydroxyl groups is 2. The summed E-state index contributed by atoms with van der Waals surface area (Å²) in [5, 5.41) is 19.9. The van der Waals surface area contributed by atoms with Gasteiger partial charge in [-0.2, -0.15) is 0 Å². The van der Waals surface area contributed by atoms with Crippen LogP contribution < -0.4 is 0 Å². The molecule has 18 heavy (non-hydrogen) atoms. The Hall–Kier alpha value is -0.930. The predicted octanol–water partition coefficient (Wildman–Crippen LogP) is 1.85. The van der Waals surface area contributed by atoms with Gasteiger partial charge in [0.2, 0.25) is 0 Å². The molecule has 0 spiro atoms. The van der Waals surface area contributed by atoms with Gasteiger partial charge in [-0.25, -0.2) is 0 Å². The lowest BCUT2D eigenvalue weighted by molar-refractivity contribution is -0.121. The standard InChI is InChI=1S/C15H22O3/c1-9(2)12-7-15(8-16)10(3)13(17)5-4-11(15)6-14(12)18/h6,10,12-13,16-17H,1,4-5,7-8H2,2-3H3. The Bertz CT molecular complexity index is 410. The molecule has 1 saturated carbocycles. The summed E-state index contributed by atoms with van der Waals surface area (Å²) in [6, 6.07) is 0. The van der Waals surface area contributed by atoms with Crippen LogP contribution in [0.2, 0.25) is 0 Å². The first-order valence-corrected chi connectivity index (χ1v) is 6.61. The van der Waals surface area contributed by atoms with Crippen LogP contribution in [0, 0.1) is 17.3 Å². The molecule has 0 aliphatic heterocycles. The highest BCUT2D eigenvalue weighted by Crippen LogP contribution is 2.52. The van der Waals surface area contributed by atoms with Gasteiger partial charge in [0.15, 0.2) is 5.78 Å². The lowest BCUT2D eigenvalue weighted by atomic mass is 9.56. The van der Waals surface area contributed by atoms with Crippen LogP contribution in [0.5, 0.6) is 0 Å². The lowest BCUT2D eigenvalue weighted by Crippen LogP contribution is -2.49. The van der Waals surface area contributed by atoms with Crippen LogP contribution in [0.4, 0.5) is 0 Å². The molecule has 0 aromatic carbocycles. The Morgan fingerprint density at radius 3 is 2.83 bits per heavy atom. The number of carbonyl (C=O) groups is 1. The molecule has 0 bridgehead atoms. The van der Waals surface area contributed by atoms with Gasteiger partial charge in [-0.1, -0.05) is 24.6 Å². The van der Waals surface area contributed by atoms with E-state index in [4.69, 9.17) is 0 Å². The second kappa shape index (κ2) is 4.63. The van der Waals surface area contributed by atoms with Crippen LogP contribution >= 0.6 is 0 Å². The fraction of sp³-hybridized carbons (Fsp3) is 0.667. The molecule has 2 rings (SSSR count). The summed E-state index contributed by atoms with van der Waals surface area (Å²) in [5.41, 5.74) is 1.43. The van der Waals surface area contributed by atoms with Crippen molar-refractivity contribution in [2.24, 2.45) is 17.3 Å². The van der Waals surface area contributed by atoms with Gasteiger partial charge in [0.1, 0.15) is 0 Å². The fourth-order valence-electron chi connectivity index (χ4n) is 3.46. The van der Waals surface area contributed by atoms with E-state index >= 15 is 0 Å². The zero-order chi connectivity index (χ0) is 13.5. The van der Waals surface area contributed by atoms with Gasteiger partial charge < -0.3 is 10.2 Å². The van der Waals surface area contributed by atoms with Crippen LogP contribution in [-0.2, 0) is 4.79 Å². The minimum Gasteiger partial charge on any atom is -0.395 e. The smallest absolute Gasteiger partial charge is 0.162 e. The van der Waals surface area contributed by atoms with E-state index in [1.165, 1.54) is 0 Å². The monoisotopic (exact) mass is 250 g/mol. The molecule has 0 aromatic heterocycles. The highest BCUT2D eigenvalue weighted by atomic mass is 16.3. The van der Waals surface area contributed by atoms with Gasteiger partial charge in [0, 0.05) is 11.3 Å². The summed E-state index contributed by atoms with van der Waals surface area (Å²) >= 11 is 0. The van der Waals surface area contributed by atoms with Crippen molar-refractivity contribution in [3.05, 3.63) is 23.8 Å². The first kappa shape index (κ1) is 13.5. The second-order valence-electron chi connectivity index (χ2n) is 5.88. The maximum Gasteiger partial charge on any atom is 0.162 e. The number of carbonyl (C=O) groups excluding carboxylic acids is 1. The summed E-state index contributed by atoms with van der Waals surface area (Å²) < 4.78 is 0. The zero-order valence-corrected chi connectivity index (χ0v) is 11.1. The third-order valence-corrected chi connectivity index (χ3v) is 4.90. The van der Waals surface area contributed by atoms with E-state index in [9.17, 15) is 15.0 Å². The summed E-state index contributed by atoms with van der Waals surface area (Å²) in [6.45, 7) is 7.71. The van der Waals surface area contributed by atoms with Crippen molar-refractivity contribution in [2.45, 2.75) is 39.2 Å². The van der Waals surface area contributed by atoms with Gasteiger partial charge in [-0.15, -0.1) is 0 Å². The Kier molecular flexibility index (Phi) is 3.47. The predicted molar refractivity (Wildman–Crippen MR) is 69.9 cm³/mol. The minimum atomic E-state index is -0.435. The molecule has 4 unspecified atom stereocenters. The van der Waals surface area contributed by atoms with Crippen LogP contribution in [0.25, 0.3) is 0 Å². The van der Waals surface area contributed by atoms with Gasteiger partial charge in [-0.05, 0) is 38.2 Å².